The molecule has 0 unspecified atom stereocenters. The first-order valence-electron chi connectivity index (χ1n) is 3.28. The highest BCUT2D eigenvalue weighted by Gasteiger charge is 2.29. The molecule has 0 amide bonds. The van der Waals surface area contributed by atoms with Crippen LogP contribution in [0, 0.1) is 10.7 Å². The van der Waals surface area contributed by atoms with Crippen molar-refractivity contribution in [2.45, 2.75) is 3.79 Å². The van der Waals surface area contributed by atoms with Crippen molar-refractivity contribution in [1.29, 1.82) is 5.26 Å². The van der Waals surface area contributed by atoms with Gasteiger partial charge in [-0.15, -0.1) is 0 Å². The molecule has 0 aromatic carbocycles. The molecule has 0 saturated carbocycles. The minimum atomic E-state index is -1.99. The third-order valence-corrected chi connectivity index (χ3v) is 2.23. The van der Waals surface area contributed by atoms with Gasteiger partial charge in [-0.1, -0.05) is 34.8 Å². The van der Waals surface area contributed by atoms with Crippen LogP contribution in [0.15, 0.2) is 11.8 Å². The number of halogens is 3. The molecule has 0 saturated heterocycles. The lowest BCUT2D eigenvalue weighted by Gasteiger charge is -2.07. The molecule has 0 atom stereocenters. The smallest absolute Gasteiger partial charge is 0.252 e. The van der Waals surface area contributed by atoms with Gasteiger partial charge >= 0.3 is 0 Å². The van der Waals surface area contributed by atoms with Gasteiger partial charge in [0.15, 0.2) is 0 Å². The number of carbonyl (C=O) groups is 1. The van der Waals surface area contributed by atoms with Gasteiger partial charge in [-0.3, -0.25) is 4.79 Å². The van der Waals surface area contributed by atoms with Crippen LogP contribution in [0.3, 0.4) is 0 Å². The molecule has 3 nitrogen and oxygen atoms in total. The Morgan fingerprint density at radius 2 is 2.21 bits per heavy atom. The van der Waals surface area contributed by atoms with Crippen molar-refractivity contribution in [2.24, 2.45) is 0 Å². The van der Waals surface area contributed by atoms with Crippen LogP contribution in [-0.2, 0) is 9.53 Å². The predicted molar refractivity (Wildman–Crippen MR) is 58.5 cm³/mol. The first-order valence-corrected chi connectivity index (χ1v) is 5.40. The highest BCUT2D eigenvalue weighted by molar-refractivity contribution is 8.03. The first-order chi connectivity index (χ1) is 6.41. The molecule has 0 N–H and O–H groups in total. The molecular weight excluding hydrogens is 269 g/mol. The average Bonchev–Trinajstić information content (AvgIpc) is 2.10. The van der Waals surface area contributed by atoms with Crippen LogP contribution >= 0.6 is 46.6 Å². The number of ether oxygens (including phenoxy) is 1. The van der Waals surface area contributed by atoms with E-state index in [2.05, 4.69) is 0 Å². The summed E-state index contributed by atoms with van der Waals surface area (Å²) in [4.78, 5) is 11.2. The standard InChI is InChI=1S/C7H6Cl3NO2S/c1-13-5(3-14-4-11)2-6(12)7(8,9)10/h2H,3H2,1H3/b5-2+. The maximum Gasteiger partial charge on any atom is 0.252 e. The summed E-state index contributed by atoms with van der Waals surface area (Å²) in [6.07, 6.45) is 1.07. The van der Waals surface area contributed by atoms with Gasteiger partial charge in [0.25, 0.3) is 3.79 Å². The maximum atomic E-state index is 11.2. The SMILES string of the molecule is CO/C(=C/C(=O)C(Cl)(Cl)Cl)CSC#N. The summed E-state index contributed by atoms with van der Waals surface area (Å²) in [5.74, 6) is -0.176. The summed E-state index contributed by atoms with van der Waals surface area (Å²) in [7, 11) is 1.37. The average molecular weight is 275 g/mol. The largest absolute Gasteiger partial charge is 0.500 e. The summed E-state index contributed by atoms with van der Waals surface area (Å²) in [6.45, 7) is 0. The predicted octanol–water partition coefficient (Wildman–Crippen LogP) is 2.67. The third-order valence-electron chi connectivity index (χ3n) is 1.11. The number of hydrogen-bond acceptors (Lipinski definition) is 4. The molecule has 0 fully saturated rings. The number of carbonyl (C=O) groups excluding carboxylic acids is 1. The third kappa shape index (κ3) is 5.61. The molecule has 14 heavy (non-hydrogen) atoms. The monoisotopic (exact) mass is 273 g/mol. The Labute approximate surface area is 101 Å². The van der Waals surface area contributed by atoms with Crippen LogP contribution in [0.25, 0.3) is 0 Å². The van der Waals surface area contributed by atoms with Gasteiger partial charge in [-0.25, -0.2) is 0 Å². The fourth-order valence-corrected chi connectivity index (χ4v) is 1.06. The second-order valence-corrected chi connectivity index (χ2v) is 5.10. The summed E-state index contributed by atoms with van der Waals surface area (Å²) in [5, 5.41) is 10.1. The topological polar surface area (TPSA) is 50.1 Å². The van der Waals surface area contributed by atoms with Gasteiger partial charge in [0, 0.05) is 6.08 Å². The number of rotatable bonds is 4. The molecule has 0 rings (SSSR count). The second-order valence-electron chi connectivity index (χ2n) is 2.06. The summed E-state index contributed by atoms with van der Waals surface area (Å²) >= 11 is 16.9. The molecule has 78 valence electrons. The van der Waals surface area contributed by atoms with E-state index in [1.165, 1.54) is 7.11 Å². The Hall–Kier alpha value is -0.0800. The Kier molecular flexibility index (Phi) is 6.38. The number of nitrogens with zero attached hydrogens (tertiary/aromatic N) is 1. The van der Waals surface area contributed by atoms with Crippen molar-refractivity contribution in [3.05, 3.63) is 11.8 Å². The number of alkyl halides is 3. The van der Waals surface area contributed by atoms with Crippen molar-refractivity contribution in [2.75, 3.05) is 12.9 Å². The number of hydrogen-bond donors (Lipinski definition) is 0. The zero-order valence-corrected chi connectivity index (χ0v) is 10.2. The Morgan fingerprint density at radius 3 is 2.57 bits per heavy atom. The van der Waals surface area contributed by atoms with Gasteiger partial charge in [0.05, 0.1) is 12.9 Å². The first kappa shape index (κ1) is 13.9. The second kappa shape index (κ2) is 6.41. The number of allylic oxidation sites excluding steroid dienone is 1. The van der Waals surface area contributed by atoms with Gasteiger partial charge in [0.1, 0.15) is 11.2 Å². The van der Waals surface area contributed by atoms with E-state index in [9.17, 15) is 4.79 Å². The summed E-state index contributed by atoms with van der Waals surface area (Å²) in [5.41, 5.74) is 0. The van der Waals surface area contributed by atoms with E-state index in [4.69, 9.17) is 44.8 Å². The molecule has 0 aliphatic heterocycles. The van der Waals surface area contributed by atoms with Crippen molar-refractivity contribution in [3.63, 3.8) is 0 Å². The Balaban J connectivity index is 4.45. The van der Waals surface area contributed by atoms with Crippen LogP contribution in [0.4, 0.5) is 0 Å². The number of methoxy groups -OCH3 is 1. The number of ketones is 1. The quantitative estimate of drug-likeness (QED) is 0.342. The van der Waals surface area contributed by atoms with Crippen molar-refractivity contribution in [3.8, 4) is 5.40 Å². The van der Waals surface area contributed by atoms with E-state index in [0.717, 1.165) is 17.8 Å². The number of thioether (sulfide) groups is 1. The van der Waals surface area contributed by atoms with E-state index < -0.39 is 9.58 Å². The molecule has 0 heterocycles. The van der Waals surface area contributed by atoms with Gasteiger partial charge in [-0.2, -0.15) is 5.26 Å². The van der Waals surface area contributed by atoms with Crippen LogP contribution in [0.1, 0.15) is 0 Å². The molecule has 7 heteroatoms. The van der Waals surface area contributed by atoms with E-state index in [1.807, 2.05) is 5.40 Å². The molecule has 0 radical (unpaired) electrons. The molecule has 0 aromatic heterocycles. The molecule has 0 spiro atoms. The highest BCUT2D eigenvalue weighted by Crippen LogP contribution is 2.28. The Morgan fingerprint density at radius 1 is 1.64 bits per heavy atom. The van der Waals surface area contributed by atoms with Crippen LogP contribution < -0.4 is 0 Å². The molecule has 0 aromatic rings. The number of thiocyanates is 1. The lowest BCUT2D eigenvalue weighted by Crippen LogP contribution is -2.17. The van der Waals surface area contributed by atoms with E-state index >= 15 is 0 Å². The fourth-order valence-electron chi connectivity index (χ4n) is 0.491. The zero-order chi connectivity index (χ0) is 11.2. The van der Waals surface area contributed by atoms with Crippen molar-refractivity contribution in [1.82, 2.24) is 0 Å². The molecule has 0 aliphatic carbocycles. The van der Waals surface area contributed by atoms with Crippen molar-refractivity contribution >= 4 is 52.3 Å². The van der Waals surface area contributed by atoms with Gasteiger partial charge in [0.2, 0.25) is 5.78 Å². The zero-order valence-electron chi connectivity index (χ0n) is 7.09. The Bertz CT molecular complexity index is 280. The van der Waals surface area contributed by atoms with Crippen molar-refractivity contribution < 1.29 is 9.53 Å². The minimum absolute atomic E-state index is 0.236. The maximum absolute atomic E-state index is 11.2. The molecule has 0 bridgehead atoms. The summed E-state index contributed by atoms with van der Waals surface area (Å²) < 4.78 is 2.83. The number of nitriles is 1. The lowest BCUT2D eigenvalue weighted by molar-refractivity contribution is -0.114. The van der Waals surface area contributed by atoms with Gasteiger partial charge in [-0.05, 0) is 11.8 Å². The molecular formula is C7H6Cl3NO2S. The normalized spacial score (nSPS) is 12.1. The van der Waals surface area contributed by atoms with E-state index in [0.29, 0.717) is 0 Å². The lowest BCUT2D eigenvalue weighted by atomic mass is 10.3. The molecule has 0 aliphatic rings. The van der Waals surface area contributed by atoms with Crippen LogP contribution in [0.2, 0.25) is 0 Å². The van der Waals surface area contributed by atoms with Crippen LogP contribution in [-0.4, -0.2) is 22.4 Å². The van der Waals surface area contributed by atoms with Crippen LogP contribution in [0.5, 0.6) is 0 Å². The van der Waals surface area contributed by atoms with E-state index in [-0.39, 0.29) is 11.5 Å². The highest BCUT2D eigenvalue weighted by atomic mass is 35.6. The minimum Gasteiger partial charge on any atom is -0.500 e. The van der Waals surface area contributed by atoms with Gasteiger partial charge < -0.3 is 4.74 Å². The van der Waals surface area contributed by atoms with E-state index in [1.54, 1.807) is 0 Å². The fraction of sp³-hybridized carbons (Fsp3) is 0.429. The summed E-state index contributed by atoms with van der Waals surface area (Å²) in [6, 6.07) is 0.